The summed E-state index contributed by atoms with van der Waals surface area (Å²) in [5.74, 6) is 1.80. The summed E-state index contributed by atoms with van der Waals surface area (Å²) in [6.45, 7) is 0. The zero-order valence-electron chi connectivity index (χ0n) is 23.3. The standard InChI is InChI=1S/C38H24N3O2.Pt/c42-38-30(26-12-5-2-6-13-26)20-17-27-18-22-35(40-37(27)38)43-28-19-21-31-33(24-28)41(34-16-7-8-23-39-34)32-15-9-14-29(36(31)32)25-10-3-1-4-11-25;/h1-23,42H;/q-1;. The molecule has 8 rings (SSSR count). The molecule has 8 aromatic rings. The molecule has 5 nitrogen and oxygen atoms in total. The number of pyridine rings is 2. The summed E-state index contributed by atoms with van der Waals surface area (Å²) >= 11 is 0. The molecule has 6 heteroatoms. The molecule has 0 aliphatic rings. The summed E-state index contributed by atoms with van der Waals surface area (Å²) in [5, 5.41) is 14.2. The molecule has 0 aliphatic carbocycles. The molecule has 0 aliphatic heterocycles. The van der Waals surface area contributed by atoms with Crippen LogP contribution in [0.25, 0.3) is 60.8 Å². The van der Waals surface area contributed by atoms with Gasteiger partial charge in [-0.15, -0.1) is 17.5 Å². The molecule has 3 heterocycles. The maximum Gasteiger partial charge on any atom is 0.217 e. The second kappa shape index (κ2) is 11.4. The predicted octanol–water partition coefficient (Wildman–Crippen LogP) is 9.36. The first kappa shape index (κ1) is 27.6. The Morgan fingerprint density at radius 3 is 2.14 bits per heavy atom. The minimum Gasteiger partial charge on any atom is -0.505 e. The van der Waals surface area contributed by atoms with Crippen molar-refractivity contribution in [3.05, 3.63) is 146 Å². The molecule has 0 unspecified atom stereocenters. The summed E-state index contributed by atoms with van der Waals surface area (Å²) in [4.78, 5) is 9.38. The molecular weight excluding hydrogens is 726 g/mol. The Kier molecular flexibility index (Phi) is 7.17. The minimum atomic E-state index is 0. The first-order valence-electron chi connectivity index (χ1n) is 14.1. The Balaban J connectivity index is 0.00000312. The van der Waals surface area contributed by atoms with E-state index in [1.807, 2.05) is 84.9 Å². The summed E-state index contributed by atoms with van der Waals surface area (Å²) in [7, 11) is 0. The Labute approximate surface area is 268 Å². The van der Waals surface area contributed by atoms with Gasteiger partial charge >= 0.3 is 0 Å². The van der Waals surface area contributed by atoms with Gasteiger partial charge in [-0.2, -0.15) is 6.07 Å². The second-order valence-corrected chi connectivity index (χ2v) is 10.3. The van der Waals surface area contributed by atoms with Crippen molar-refractivity contribution < 1.29 is 30.9 Å². The van der Waals surface area contributed by atoms with Crippen LogP contribution in [-0.4, -0.2) is 19.6 Å². The third-order valence-corrected chi connectivity index (χ3v) is 7.75. The molecule has 5 aromatic carbocycles. The minimum absolute atomic E-state index is 0. The van der Waals surface area contributed by atoms with Crippen molar-refractivity contribution in [3.63, 3.8) is 0 Å². The van der Waals surface area contributed by atoms with Gasteiger partial charge in [0.25, 0.3) is 0 Å². The largest absolute Gasteiger partial charge is 0.505 e. The van der Waals surface area contributed by atoms with Crippen LogP contribution in [-0.2, 0) is 21.1 Å². The summed E-state index contributed by atoms with van der Waals surface area (Å²) in [6.07, 6.45) is 1.80. The van der Waals surface area contributed by atoms with Gasteiger partial charge in [-0.3, -0.25) is 0 Å². The fourth-order valence-electron chi connectivity index (χ4n) is 5.79. The van der Waals surface area contributed by atoms with Crippen LogP contribution in [0.2, 0.25) is 0 Å². The van der Waals surface area contributed by atoms with Crippen LogP contribution in [0.1, 0.15) is 0 Å². The third-order valence-electron chi connectivity index (χ3n) is 7.75. The number of hydrogen-bond donors (Lipinski definition) is 1. The van der Waals surface area contributed by atoms with E-state index < -0.39 is 0 Å². The molecule has 0 fully saturated rings. The number of phenols is 1. The van der Waals surface area contributed by atoms with Gasteiger partial charge in [-0.25, -0.2) is 9.97 Å². The van der Waals surface area contributed by atoms with Crippen molar-refractivity contribution in [2.24, 2.45) is 0 Å². The zero-order valence-corrected chi connectivity index (χ0v) is 25.6. The average molecular weight is 750 g/mol. The number of benzene rings is 5. The van der Waals surface area contributed by atoms with E-state index in [4.69, 9.17) is 9.72 Å². The predicted molar refractivity (Wildman–Crippen MR) is 172 cm³/mol. The van der Waals surface area contributed by atoms with Gasteiger partial charge in [-0.1, -0.05) is 90.4 Å². The number of phenolic OH excluding ortho intramolecular Hbond substituents is 1. The van der Waals surface area contributed by atoms with Crippen molar-refractivity contribution in [1.29, 1.82) is 0 Å². The molecule has 0 spiro atoms. The van der Waals surface area contributed by atoms with Crippen molar-refractivity contribution in [1.82, 2.24) is 14.5 Å². The summed E-state index contributed by atoms with van der Waals surface area (Å²) in [6, 6.07) is 47.5. The smallest absolute Gasteiger partial charge is 0.217 e. The molecule has 0 atom stereocenters. The molecule has 1 N–H and O–H groups in total. The summed E-state index contributed by atoms with van der Waals surface area (Å²) < 4.78 is 8.41. The van der Waals surface area contributed by atoms with Gasteiger partial charge in [0.1, 0.15) is 17.1 Å². The number of aromatic nitrogens is 3. The Bertz CT molecular complexity index is 2270. The number of fused-ring (bicyclic) bond motifs is 4. The van der Waals surface area contributed by atoms with Crippen LogP contribution in [0, 0.1) is 6.07 Å². The quantitative estimate of drug-likeness (QED) is 0.178. The van der Waals surface area contributed by atoms with E-state index in [-0.39, 0.29) is 26.8 Å². The summed E-state index contributed by atoms with van der Waals surface area (Å²) in [5.41, 5.74) is 6.29. The molecule has 214 valence electrons. The van der Waals surface area contributed by atoms with E-state index in [2.05, 4.69) is 64.1 Å². The van der Waals surface area contributed by atoms with Crippen LogP contribution in [0.4, 0.5) is 0 Å². The number of hydrogen-bond acceptors (Lipinski definition) is 4. The molecule has 0 amide bonds. The maximum absolute atomic E-state index is 11.2. The van der Waals surface area contributed by atoms with Gasteiger partial charge < -0.3 is 14.4 Å². The van der Waals surface area contributed by atoms with Gasteiger partial charge in [0, 0.05) is 55.5 Å². The van der Waals surface area contributed by atoms with Crippen molar-refractivity contribution in [3.8, 4) is 45.5 Å². The molecule has 0 radical (unpaired) electrons. The van der Waals surface area contributed by atoms with Gasteiger partial charge in [0.05, 0.1) is 0 Å². The molecular formula is C38H24N3O2Pt-. The van der Waals surface area contributed by atoms with E-state index in [9.17, 15) is 5.11 Å². The van der Waals surface area contributed by atoms with Gasteiger partial charge in [0.2, 0.25) is 5.88 Å². The first-order chi connectivity index (χ1) is 21.2. The Morgan fingerprint density at radius 2 is 1.39 bits per heavy atom. The van der Waals surface area contributed by atoms with E-state index in [0.29, 0.717) is 17.1 Å². The van der Waals surface area contributed by atoms with Crippen molar-refractivity contribution >= 4 is 32.7 Å². The monoisotopic (exact) mass is 749 g/mol. The third kappa shape index (κ3) is 4.72. The Morgan fingerprint density at radius 1 is 0.659 bits per heavy atom. The van der Waals surface area contributed by atoms with Crippen LogP contribution < -0.4 is 4.74 Å². The number of aromatic hydroxyl groups is 1. The van der Waals surface area contributed by atoms with Crippen LogP contribution in [0.5, 0.6) is 17.4 Å². The zero-order chi connectivity index (χ0) is 28.8. The van der Waals surface area contributed by atoms with Gasteiger partial charge in [0.15, 0.2) is 0 Å². The van der Waals surface area contributed by atoms with E-state index >= 15 is 0 Å². The SMILES string of the molecule is Oc1c(-c2ccccc2)ccc2ccc(Oc3[c-]c4c(cc3)c3c(-c5ccccc5)cccc3n4-c3ccccn3)nc12.[Pt]. The van der Waals surface area contributed by atoms with Crippen molar-refractivity contribution in [2.45, 2.75) is 0 Å². The molecule has 0 saturated carbocycles. The van der Waals surface area contributed by atoms with E-state index in [1.165, 1.54) is 0 Å². The first-order valence-corrected chi connectivity index (χ1v) is 14.1. The van der Waals surface area contributed by atoms with Gasteiger partial charge in [-0.05, 0) is 52.4 Å². The number of ether oxygens (including phenoxy) is 1. The normalized spacial score (nSPS) is 11.1. The topological polar surface area (TPSA) is 60.2 Å². The number of nitrogens with zero attached hydrogens (tertiary/aromatic N) is 3. The van der Waals surface area contributed by atoms with E-state index in [1.54, 1.807) is 6.20 Å². The van der Waals surface area contributed by atoms with Crippen LogP contribution >= 0.6 is 0 Å². The Hall–Kier alpha value is -5.25. The van der Waals surface area contributed by atoms with Crippen LogP contribution in [0.15, 0.2) is 140 Å². The second-order valence-electron chi connectivity index (χ2n) is 10.3. The fraction of sp³-hybridized carbons (Fsp3) is 0. The molecule has 0 bridgehead atoms. The molecule has 0 saturated heterocycles. The average Bonchev–Trinajstić information content (AvgIpc) is 3.40. The molecule has 44 heavy (non-hydrogen) atoms. The number of rotatable bonds is 5. The molecule has 3 aromatic heterocycles. The maximum atomic E-state index is 11.2. The van der Waals surface area contributed by atoms with Crippen LogP contribution in [0.3, 0.4) is 0 Å². The van der Waals surface area contributed by atoms with E-state index in [0.717, 1.165) is 55.3 Å². The fourth-order valence-corrected chi connectivity index (χ4v) is 5.79. The van der Waals surface area contributed by atoms with Crippen molar-refractivity contribution in [2.75, 3.05) is 0 Å².